The molecule has 1 radical (unpaired) electrons. The van der Waals surface area contributed by atoms with Crippen LogP contribution in [0.4, 0.5) is 0 Å². The molecule has 0 aromatic heterocycles. The molecule has 0 aliphatic carbocycles. The fourth-order valence-electron chi connectivity index (χ4n) is 1.53. The van der Waals surface area contributed by atoms with Crippen molar-refractivity contribution < 1.29 is 0 Å². The van der Waals surface area contributed by atoms with E-state index >= 15 is 0 Å². The Kier molecular flexibility index (Phi) is 5.84. The molecule has 0 aliphatic rings. The Hall–Kier alpha value is -1.04. The first-order valence-corrected chi connectivity index (χ1v) is 5.92. The van der Waals surface area contributed by atoms with Crippen LogP contribution < -0.4 is 0 Å². The molecule has 0 N–H and O–H groups in total. The van der Waals surface area contributed by atoms with E-state index in [1.54, 1.807) is 0 Å². The Morgan fingerprint density at radius 2 is 1.67 bits per heavy atom. The van der Waals surface area contributed by atoms with Gasteiger partial charge in [-0.2, -0.15) is 0 Å². The summed E-state index contributed by atoms with van der Waals surface area (Å²) in [4.78, 5) is 0. The molecule has 1 rings (SSSR count). The molecular formula is C15H21. The van der Waals surface area contributed by atoms with Gasteiger partial charge in [0.25, 0.3) is 0 Å². The SMILES string of the molecule is C[CH]c1ccc(/C=C/CCCCC)cc1. The summed E-state index contributed by atoms with van der Waals surface area (Å²) < 4.78 is 0. The smallest absolute Gasteiger partial charge is 0.0124 e. The van der Waals surface area contributed by atoms with Gasteiger partial charge in [-0.3, -0.25) is 0 Å². The van der Waals surface area contributed by atoms with Gasteiger partial charge in [0.2, 0.25) is 0 Å². The van der Waals surface area contributed by atoms with Gasteiger partial charge in [-0.25, -0.2) is 0 Å². The van der Waals surface area contributed by atoms with E-state index in [1.165, 1.54) is 36.8 Å². The van der Waals surface area contributed by atoms with Gasteiger partial charge < -0.3 is 0 Å². The maximum atomic E-state index is 2.28. The molecule has 0 aliphatic heterocycles. The molecule has 0 fully saturated rings. The molecule has 1 aromatic rings. The molecule has 0 amide bonds. The molecule has 0 saturated carbocycles. The third-order valence-corrected chi connectivity index (χ3v) is 2.55. The van der Waals surface area contributed by atoms with Crippen LogP contribution in [0, 0.1) is 6.42 Å². The molecule has 0 unspecified atom stereocenters. The Morgan fingerprint density at radius 3 is 2.27 bits per heavy atom. The van der Waals surface area contributed by atoms with Crippen molar-refractivity contribution in [1.82, 2.24) is 0 Å². The van der Waals surface area contributed by atoms with Crippen LogP contribution in [0.3, 0.4) is 0 Å². The van der Waals surface area contributed by atoms with Gasteiger partial charge in [-0.1, -0.05) is 63.1 Å². The van der Waals surface area contributed by atoms with E-state index in [0.29, 0.717) is 0 Å². The first kappa shape index (κ1) is 12.0. The molecular weight excluding hydrogens is 180 g/mol. The molecule has 1 aromatic carbocycles. The van der Waals surface area contributed by atoms with Crippen molar-refractivity contribution in [2.24, 2.45) is 0 Å². The minimum Gasteiger partial charge on any atom is -0.0839 e. The number of hydrogen-bond acceptors (Lipinski definition) is 0. The van der Waals surface area contributed by atoms with Gasteiger partial charge in [-0.05, 0) is 30.4 Å². The lowest BCUT2D eigenvalue weighted by molar-refractivity contribution is 0.730. The Bertz CT molecular complexity index is 279. The van der Waals surface area contributed by atoms with E-state index in [2.05, 4.69) is 56.7 Å². The monoisotopic (exact) mass is 201 g/mol. The third-order valence-electron chi connectivity index (χ3n) is 2.55. The lowest BCUT2D eigenvalue weighted by atomic mass is 10.1. The molecule has 15 heavy (non-hydrogen) atoms. The van der Waals surface area contributed by atoms with Crippen molar-refractivity contribution in [2.45, 2.75) is 39.5 Å². The molecule has 81 valence electrons. The summed E-state index contributed by atoms with van der Waals surface area (Å²) in [6, 6.07) is 8.66. The summed E-state index contributed by atoms with van der Waals surface area (Å²) in [7, 11) is 0. The van der Waals surface area contributed by atoms with E-state index in [1.807, 2.05) is 0 Å². The Morgan fingerprint density at radius 1 is 1.00 bits per heavy atom. The van der Waals surface area contributed by atoms with Gasteiger partial charge in [0.1, 0.15) is 0 Å². The molecule has 0 spiro atoms. The molecule has 0 bridgehead atoms. The first-order chi connectivity index (χ1) is 7.36. The third kappa shape index (κ3) is 4.83. The summed E-state index contributed by atoms with van der Waals surface area (Å²) in [5.41, 5.74) is 2.59. The van der Waals surface area contributed by atoms with E-state index < -0.39 is 0 Å². The van der Waals surface area contributed by atoms with E-state index in [0.717, 1.165) is 0 Å². The number of unbranched alkanes of at least 4 members (excludes halogenated alkanes) is 3. The van der Waals surface area contributed by atoms with Crippen LogP contribution in [0.2, 0.25) is 0 Å². The number of rotatable bonds is 6. The van der Waals surface area contributed by atoms with Crippen molar-refractivity contribution in [1.29, 1.82) is 0 Å². The maximum absolute atomic E-state index is 2.28. The number of hydrogen-bond donors (Lipinski definition) is 0. The fourth-order valence-corrected chi connectivity index (χ4v) is 1.53. The highest BCUT2D eigenvalue weighted by Gasteiger charge is 1.89. The van der Waals surface area contributed by atoms with Gasteiger partial charge in [0.15, 0.2) is 0 Å². The van der Waals surface area contributed by atoms with Crippen molar-refractivity contribution in [3.8, 4) is 0 Å². The zero-order valence-electron chi connectivity index (χ0n) is 9.87. The first-order valence-electron chi connectivity index (χ1n) is 5.92. The van der Waals surface area contributed by atoms with Crippen LogP contribution in [-0.4, -0.2) is 0 Å². The van der Waals surface area contributed by atoms with Crippen molar-refractivity contribution in [2.75, 3.05) is 0 Å². The molecule has 0 heterocycles. The van der Waals surface area contributed by atoms with E-state index in [9.17, 15) is 0 Å². The minimum atomic E-state index is 1.20. The summed E-state index contributed by atoms with van der Waals surface area (Å²) in [5, 5.41) is 0. The Labute approximate surface area is 94.0 Å². The molecule has 0 saturated heterocycles. The number of allylic oxidation sites excluding steroid dienone is 1. The highest BCUT2D eigenvalue weighted by Crippen LogP contribution is 2.09. The highest BCUT2D eigenvalue weighted by molar-refractivity contribution is 5.50. The zero-order chi connectivity index (χ0) is 10.9. The average Bonchev–Trinajstić information content (AvgIpc) is 2.30. The predicted molar refractivity (Wildman–Crippen MR) is 68.7 cm³/mol. The van der Waals surface area contributed by atoms with E-state index in [-0.39, 0.29) is 0 Å². The van der Waals surface area contributed by atoms with Crippen molar-refractivity contribution in [3.05, 3.63) is 47.9 Å². The second-order valence-electron chi connectivity index (χ2n) is 3.85. The van der Waals surface area contributed by atoms with Gasteiger partial charge in [0.05, 0.1) is 0 Å². The lowest BCUT2D eigenvalue weighted by Crippen LogP contribution is -1.77. The van der Waals surface area contributed by atoms with Gasteiger partial charge >= 0.3 is 0 Å². The topological polar surface area (TPSA) is 0 Å². The summed E-state index contributed by atoms with van der Waals surface area (Å²) in [5.74, 6) is 0. The quantitative estimate of drug-likeness (QED) is 0.577. The summed E-state index contributed by atoms with van der Waals surface area (Å²) >= 11 is 0. The van der Waals surface area contributed by atoms with Crippen LogP contribution in [-0.2, 0) is 0 Å². The summed E-state index contributed by atoms with van der Waals surface area (Å²) in [6.45, 7) is 4.30. The van der Waals surface area contributed by atoms with Gasteiger partial charge in [0, 0.05) is 0 Å². The minimum absolute atomic E-state index is 1.20. The van der Waals surface area contributed by atoms with Gasteiger partial charge in [-0.15, -0.1) is 0 Å². The second-order valence-corrected chi connectivity index (χ2v) is 3.85. The van der Waals surface area contributed by atoms with Crippen LogP contribution >= 0.6 is 0 Å². The van der Waals surface area contributed by atoms with Crippen LogP contribution in [0.5, 0.6) is 0 Å². The standard InChI is InChI=1S/C15H21/c1-3-5-6-7-8-9-15-12-10-14(4-2)11-13-15/h4,8-13H,3,5-7H2,1-2H3/b9-8+. The molecule has 0 atom stereocenters. The normalized spacial score (nSPS) is 11.1. The van der Waals surface area contributed by atoms with Crippen LogP contribution in [0.25, 0.3) is 6.08 Å². The second kappa shape index (κ2) is 7.28. The number of benzene rings is 1. The maximum Gasteiger partial charge on any atom is -0.0124 e. The van der Waals surface area contributed by atoms with Crippen LogP contribution in [0.1, 0.15) is 50.7 Å². The summed E-state index contributed by atoms with van der Waals surface area (Å²) in [6.07, 6.45) is 11.8. The lowest BCUT2D eigenvalue weighted by Gasteiger charge is -1.97. The van der Waals surface area contributed by atoms with E-state index in [4.69, 9.17) is 0 Å². The molecule has 0 nitrogen and oxygen atoms in total. The molecule has 0 heteroatoms. The van der Waals surface area contributed by atoms with Crippen LogP contribution in [0.15, 0.2) is 30.3 Å². The predicted octanol–water partition coefficient (Wildman–Crippen LogP) is 4.85. The van der Waals surface area contributed by atoms with Crippen molar-refractivity contribution >= 4 is 6.08 Å². The Balaban J connectivity index is 2.36. The average molecular weight is 201 g/mol. The fraction of sp³-hybridized carbons (Fsp3) is 0.400. The zero-order valence-corrected chi connectivity index (χ0v) is 9.87. The largest absolute Gasteiger partial charge is 0.0839 e. The highest BCUT2D eigenvalue weighted by atomic mass is 13.9. The van der Waals surface area contributed by atoms with Crippen molar-refractivity contribution in [3.63, 3.8) is 0 Å².